The van der Waals surface area contributed by atoms with Gasteiger partial charge in [-0.3, -0.25) is 4.68 Å². The van der Waals surface area contributed by atoms with Gasteiger partial charge in [-0.2, -0.15) is 0 Å². The van der Waals surface area contributed by atoms with Crippen molar-refractivity contribution < 1.29 is 9.47 Å². The van der Waals surface area contributed by atoms with Crippen molar-refractivity contribution in [1.29, 1.82) is 0 Å². The summed E-state index contributed by atoms with van der Waals surface area (Å²) in [6.45, 7) is 13.3. The Hall–Kier alpha value is -2.09. The van der Waals surface area contributed by atoms with Crippen molar-refractivity contribution in [1.82, 2.24) is 15.0 Å². The average Bonchev–Trinajstić information content (AvgIpc) is 3.31. The number of benzene rings is 2. The molecule has 0 aliphatic carbocycles. The first kappa shape index (κ1) is 30.1. The molecule has 6 heteroatoms. The number of nitrogens with zero attached hydrogens (tertiary/aromatic N) is 3. The summed E-state index contributed by atoms with van der Waals surface area (Å²) in [5.41, 5.74) is 2.51. The van der Waals surface area contributed by atoms with Gasteiger partial charge in [0.1, 0.15) is 22.7 Å². The quantitative estimate of drug-likeness (QED) is 0.126. The molecule has 1 heterocycles. The minimum atomic E-state index is -0.140. The summed E-state index contributed by atoms with van der Waals surface area (Å²) in [5.74, 6) is 1.90. The van der Waals surface area contributed by atoms with E-state index in [-0.39, 0.29) is 11.2 Å². The predicted octanol–water partition coefficient (Wildman–Crippen LogP) is 8.10. The lowest BCUT2D eigenvalue weighted by Crippen LogP contribution is -2.22. The van der Waals surface area contributed by atoms with Gasteiger partial charge in [-0.05, 0) is 120 Å². The Morgan fingerprint density at radius 3 is 1.56 bits per heavy atom. The van der Waals surface area contributed by atoms with Crippen LogP contribution in [0, 0.1) is 0 Å². The van der Waals surface area contributed by atoms with E-state index in [2.05, 4.69) is 123 Å². The molecule has 0 spiro atoms. The third-order valence-electron chi connectivity index (χ3n) is 5.12. The summed E-state index contributed by atoms with van der Waals surface area (Å²) >= 11 is 2.43. The van der Waals surface area contributed by atoms with E-state index in [0.717, 1.165) is 37.3 Å². The van der Waals surface area contributed by atoms with Crippen LogP contribution < -0.4 is 9.47 Å². The number of halogens is 1. The first-order valence-electron chi connectivity index (χ1n) is 13.0. The van der Waals surface area contributed by atoms with Crippen LogP contribution in [0.4, 0.5) is 0 Å². The van der Waals surface area contributed by atoms with Crippen molar-refractivity contribution in [2.45, 2.75) is 97.8 Å². The number of aromatic nitrogens is 3. The van der Waals surface area contributed by atoms with Crippen molar-refractivity contribution >= 4 is 22.6 Å². The Balaban J connectivity index is 0.000000261. The minimum Gasteiger partial charge on any atom is -0.488 e. The first-order valence-corrected chi connectivity index (χ1v) is 14.5. The number of unbranched alkanes of at least 4 members (excludes halogenated alkanes) is 2. The van der Waals surface area contributed by atoms with E-state index in [4.69, 9.17) is 9.47 Å². The molecule has 1 aromatic heterocycles. The van der Waals surface area contributed by atoms with Gasteiger partial charge in [0.15, 0.2) is 0 Å². The van der Waals surface area contributed by atoms with Gasteiger partial charge in [0.2, 0.25) is 0 Å². The van der Waals surface area contributed by atoms with Crippen molar-refractivity contribution in [2.24, 2.45) is 0 Å². The second-order valence-corrected chi connectivity index (χ2v) is 12.1. The van der Waals surface area contributed by atoms with Gasteiger partial charge < -0.3 is 9.47 Å². The van der Waals surface area contributed by atoms with Gasteiger partial charge >= 0.3 is 0 Å². The monoisotopic (exact) mass is 605 g/mol. The fourth-order valence-corrected chi connectivity index (χ4v) is 4.07. The minimum absolute atomic E-state index is 0.108. The van der Waals surface area contributed by atoms with Crippen LogP contribution in [-0.2, 0) is 19.4 Å². The third-order valence-corrected chi connectivity index (χ3v) is 5.88. The van der Waals surface area contributed by atoms with Gasteiger partial charge in [-0.1, -0.05) is 52.1 Å². The van der Waals surface area contributed by atoms with Crippen LogP contribution in [0.15, 0.2) is 60.9 Å². The Morgan fingerprint density at radius 1 is 0.694 bits per heavy atom. The molecule has 0 radical (unpaired) electrons. The number of ether oxygens (including phenoxy) is 2. The highest BCUT2D eigenvalue weighted by molar-refractivity contribution is 14.1. The molecule has 3 rings (SSSR count). The summed E-state index contributed by atoms with van der Waals surface area (Å²) < 4.78 is 14.7. The lowest BCUT2D eigenvalue weighted by molar-refractivity contribution is 0.130. The topological polar surface area (TPSA) is 49.2 Å². The molecule has 0 aliphatic heterocycles. The van der Waals surface area contributed by atoms with Gasteiger partial charge in [0, 0.05) is 12.7 Å². The molecule has 0 unspecified atom stereocenters. The largest absolute Gasteiger partial charge is 0.488 e. The van der Waals surface area contributed by atoms with Crippen molar-refractivity contribution in [3.63, 3.8) is 0 Å². The van der Waals surface area contributed by atoms with Crippen LogP contribution in [0.5, 0.6) is 11.5 Å². The molecule has 0 N–H and O–H groups in total. The summed E-state index contributed by atoms with van der Waals surface area (Å²) in [4.78, 5) is 0. The lowest BCUT2D eigenvalue weighted by Gasteiger charge is -2.21. The fraction of sp³-hybridized carbons (Fsp3) is 0.533. The summed E-state index contributed by atoms with van der Waals surface area (Å²) in [6, 6.07) is 16.9. The molecule has 0 saturated heterocycles. The lowest BCUT2D eigenvalue weighted by atomic mass is 10.1. The van der Waals surface area contributed by atoms with Crippen molar-refractivity contribution in [2.75, 3.05) is 4.43 Å². The molecule has 0 saturated carbocycles. The van der Waals surface area contributed by atoms with E-state index >= 15 is 0 Å². The van der Waals surface area contributed by atoms with Crippen LogP contribution in [0.3, 0.4) is 0 Å². The Morgan fingerprint density at radius 2 is 1.17 bits per heavy atom. The van der Waals surface area contributed by atoms with Crippen LogP contribution in [0.2, 0.25) is 0 Å². The van der Waals surface area contributed by atoms with Crippen LogP contribution in [0.25, 0.3) is 0 Å². The molecule has 0 atom stereocenters. The Kier molecular flexibility index (Phi) is 12.7. The van der Waals surface area contributed by atoms with E-state index in [1.807, 2.05) is 10.9 Å². The summed E-state index contributed by atoms with van der Waals surface area (Å²) in [7, 11) is 0. The zero-order valence-corrected chi connectivity index (χ0v) is 25.1. The molecule has 0 fully saturated rings. The molecule has 2 aromatic carbocycles. The highest BCUT2D eigenvalue weighted by Gasteiger charge is 2.12. The zero-order chi connectivity index (χ0) is 26.4. The smallest absolute Gasteiger partial charge is 0.120 e. The molecule has 3 aromatic rings. The number of alkyl halides is 1. The molecule has 198 valence electrons. The molecular weight excluding hydrogens is 561 g/mol. The van der Waals surface area contributed by atoms with Gasteiger partial charge in [-0.15, -0.1) is 5.10 Å². The van der Waals surface area contributed by atoms with Crippen LogP contribution in [-0.4, -0.2) is 30.6 Å². The standard InChI is InChI=1S/C16H23N3O.C14H21IO/c1-16(2,3)20-15-9-7-14(8-10-15)6-4-5-12-19-13-11-17-18-19;1-14(2,3)16-13-9-7-12(8-10-13)6-4-5-11-15/h7-11,13H,4-6,12H2,1-3H3;7-10H,4-6,11H2,1-3H3. The van der Waals surface area contributed by atoms with E-state index in [9.17, 15) is 0 Å². The van der Waals surface area contributed by atoms with Crippen molar-refractivity contribution in [3.05, 3.63) is 72.1 Å². The van der Waals surface area contributed by atoms with Crippen LogP contribution in [0.1, 0.15) is 78.4 Å². The number of rotatable bonds is 11. The maximum Gasteiger partial charge on any atom is 0.120 e. The highest BCUT2D eigenvalue weighted by Crippen LogP contribution is 2.20. The molecule has 0 amide bonds. The maximum absolute atomic E-state index is 5.81. The first-order chi connectivity index (χ1) is 17.0. The van der Waals surface area contributed by atoms with Crippen LogP contribution >= 0.6 is 22.6 Å². The Labute approximate surface area is 232 Å². The van der Waals surface area contributed by atoms with E-state index in [1.54, 1.807) is 6.20 Å². The molecule has 36 heavy (non-hydrogen) atoms. The normalized spacial score (nSPS) is 11.5. The van der Waals surface area contributed by atoms with E-state index < -0.39 is 0 Å². The fourth-order valence-electron chi connectivity index (χ4n) is 3.53. The average molecular weight is 606 g/mol. The summed E-state index contributed by atoms with van der Waals surface area (Å²) in [5, 5.41) is 7.75. The number of hydrogen-bond acceptors (Lipinski definition) is 4. The van der Waals surface area contributed by atoms with Gasteiger partial charge in [0.05, 0.1) is 6.20 Å². The molecular formula is C30H44IN3O2. The molecule has 0 aliphatic rings. The number of hydrogen-bond donors (Lipinski definition) is 0. The second-order valence-electron chi connectivity index (χ2n) is 11.0. The maximum atomic E-state index is 5.81. The SMILES string of the molecule is CC(C)(C)Oc1ccc(CCCCI)cc1.CC(C)(C)Oc1ccc(CCCCn2ccnn2)cc1. The molecule has 0 bridgehead atoms. The van der Waals surface area contributed by atoms with Gasteiger partial charge in [0.25, 0.3) is 0 Å². The van der Waals surface area contributed by atoms with Gasteiger partial charge in [-0.25, -0.2) is 0 Å². The Bertz CT molecular complexity index is 957. The van der Waals surface area contributed by atoms with Crippen molar-refractivity contribution in [3.8, 4) is 11.5 Å². The highest BCUT2D eigenvalue weighted by atomic mass is 127. The zero-order valence-electron chi connectivity index (χ0n) is 23.0. The predicted molar refractivity (Wildman–Crippen MR) is 158 cm³/mol. The van der Waals surface area contributed by atoms with E-state index in [0.29, 0.717) is 0 Å². The summed E-state index contributed by atoms with van der Waals surface area (Å²) in [6.07, 6.45) is 10.7. The molecule has 5 nitrogen and oxygen atoms in total. The second kappa shape index (κ2) is 15.2. The third kappa shape index (κ3) is 13.9. The number of aryl methyl sites for hydroxylation is 3. The van der Waals surface area contributed by atoms with E-state index in [1.165, 1.54) is 34.8 Å².